The first-order valence-electron chi connectivity index (χ1n) is 9.89. The van der Waals surface area contributed by atoms with Crippen LogP contribution in [-0.4, -0.2) is 24.0 Å². The van der Waals surface area contributed by atoms with E-state index in [2.05, 4.69) is 5.32 Å². The minimum absolute atomic E-state index is 0.145. The van der Waals surface area contributed by atoms with Crippen LogP contribution in [0.1, 0.15) is 18.1 Å². The number of benzene rings is 3. The first kappa shape index (κ1) is 22.9. The maximum absolute atomic E-state index is 14.0. The van der Waals surface area contributed by atoms with Crippen molar-refractivity contribution in [1.29, 1.82) is 0 Å². The van der Waals surface area contributed by atoms with Gasteiger partial charge in [-0.25, -0.2) is 9.18 Å². The number of carbonyl (C=O) groups is 1. The van der Waals surface area contributed by atoms with Crippen molar-refractivity contribution >= 4 is 41.0 Å². The Bertz CT molecular complexity index is 1070. The Morgan fingerprint density at radius 3 is 2.45 bits per heavy atom. The molecule has 3 rings (SSSR count). The molecule has 0 radical (unpaired) electrons. The highest BCUT2D eigenvalue weighted by Gasteiger charge is 2.16. The molecule has 31 heavy (non-hydrogen) atoms. The van der Waals surface area contributed by atoms with E-state index in [-0.39, 0.29) is 11.7 Å². The first-order valence-corrected chi connectivity index (χ1v) is 10.6. The van der Waals surface area contributed by atoms with E-state index in [9.17, 15) is 9.18 Å². The van der Waals surface area contributed by atoms with Crippen molar-refractivity contribution in [3.63, 3.8) is 0 Å². The third kappa shape index (κ3) is 6.84. The molecule has 3 aromatic carbocycles. The maximum atomic E-state index is 14.0. The van der Waals surface area contributed by atoms with Gasteiger partial charge in [0.05, 0.1) is 5.69 Å². The molecule has 3 aromatic rings. The molecule has 0 heterocycles. The number of carbonyl (C=O) groups excluding carboxylic acids is 1. The van der Waals surface area contributed by atoms with Gasteiger partial charge in [-0.2, -0.15) is 0 Å². The molecule has 160 valence electrons. The number of para-hydroxylation sites is 1. The predicted molar refractivity (Wildman–Crippen MR) is 127 cm³/mol. The van der Waals surface area contributed by atoms with E-state index in [1.54, 1.807) is 29.2 Å². The van der Waals surface area contributed by atoms with E-state index >= 15 is 0 Å². The lowest BCUT2D eigenvalue weighted by Crippen LogP contribution is -2.38. The molecule has 0 saturated heterocycles. The van der Waals surface area contributed by atoms with E-state index < -0.39 is 5.82 Å². The van der Waals surface area contributed by atoms with Crippen LogP contribution < -0.4 is 5.32 Å². The second kappa shape index (κ2) is 11.0. The number of halogens is 3. The fourth-order valence-corrected chi connectivity index (χ4v) is 3.67. The van der Waals surface area contributed by atoms with Gasteiger partial charge in [-0.05, 0) is 48.7 Å². The maximum Gasteiger partial charge on any atom is 0.322 e. The highest BCUT2D eigenvalue weighted by atomic mass is 35.5. The smallest absolute Gasteiger partial charge is 0.320 e. The van der Waals surface area contributed by atoms with Gasteiger partial charge in [-0.1, -0.05) is 83.4 Å². The summed E-state index contributed by atoms with van der Waals surface area (Å²) in [5.74, 6) is -0.479. The summed E-state index contributed by atoms with van der Waals surface area (Å²) in [6, 6.07) is 20.9. The number of urea groups is 1. The average Bonchev–Trinajstić information content (AvgIpc) is 2.74. The zero-order valence-corrected chi connectivity index (χ0v) is 18.6. The minimum atomic E-state index is -0.479. The molecule has 0 saturated carbocycles. The number of rotatable bonds is 7. The predicted octanol–water partition coefficient (Wildman–Crippen LogP) is 7.31. The number of nitrogens with one attached hydrogen (secondary N) is 1. The van der Waals surface area contributed by atoms with Gasteiger partial charge in [0.15, 0.2) is 0 Å². The number of amides is 2. The Labute approximate surface area is 192 Å². The molecule has 1 N–H and O–H groups in total. The van der Waals surface area contributed by atoms with Crippen molar-refractivity contribution in [3.05, 3.63) is 105 Å². The van der Waals surface area contributed by atoms with Gasteiger partial charge in [0, 0.05) is 23.1 Å². The van der Waals surface area contributed by atoms with Crippen molar-refractivity contribution in [2.24, 2.45) is 0 Å². The van der Waals surface area contributed by atoms with Gasteiger partial charge in [0.1, 0.15) is 5.82 Å². The molecule has 0 aliphatic carbocycles. The number of hydrogen-bond donors (Lipinski definition) is 1. The van der Waals surface area contributed by atoms with Crippen molar-refractivity contribution in [2.75, 3.05) is 18.4 Å². The molecule has 0 atom stereocenters. The van der Waals surface area contributed by atoms with E-state index in [4.69, 9.17) is 23.2 Å². The normalized spacial score (nSPS) is 11.3. The Hall–Kier alpha value is -2.82. The lowest BCUT2D eigenvalue weighted by atomic mass is 10.1. The van der Waals surface area contributed by atoms with Crippen LogP contribution in [0.5, 0.6) is 0 Å². The largest absolute Gasteiger partial charge is 0.322 e. The van der Waals surface area contributed by atoms with Crippen molar-refractivity contribution < 1.29 is 9.18 Å². The fourth-order valence-electron chi connectivity index (χ4n) is 3.17. The Balaban J connectivity index is 1.77. The Morgan fingerprint density at radius 2 is 1.74 bits per heavy atom. The SMILES string of the molecule is C/C(=C\c1ccccc1)CN(CCc1ccc(Cl)cc1Cl)C(=O)Nc1ccccc1F. The molecular formula is C25H23Cl2FN2O. The monoisotopic (exact) mass is 456 g/mol. The third-order valence-corrected chi connectivity index (χ3v) is 5.31. The van der Waals surface area contributed by atoms with Crippen LogP contribution in [0.4, 0.5) is 14.9 Å². The van der Waals surface area contributed by atoms with Crippen LogP contribution in [0, 0.1) is 5.82 Å². The number of hydrogen-bond acceptors (Lipinski definition) is 1. The lowest BCUT2D eigenvalue weighted by molar-refractivity contribution is 0.216. The van der Waals surface area contributed by atoms with Crippen molar-refractivity contribution in [2.45, 2.75) is 13.3 Å². The van der Waals surface area contributed by atoms with Crippen LogP contribution in [-0.2, 0) is 6.42 Å². The zero-order chi connectivity index (χ0) is 22.2. The summed E-state index contributed by atoms with van der Waals surface area (Å²) < 4.78 is 14.0. The summed E-state index contributed by atoms with van der Waals surface area (Å²) in [7, 11) is 0. The molecule has 0 aliphatic rings. The second-order valence-corrected chi connectivity index (χ2v) is 8.06. The van der Waals surface area contributed by atoms with Gasteiger partial charge in [-0.15, -0.1) is 0 Å². The van der Waals surface area contributed by atoms with E-state index in [1.165, 1.54) is 12.1 Å². The second-order valence-electron chi connectivity index (χ2n) is 7.22. The van der Waals surface area contributed by atoms with Gasteiger partial charge >= 0.3 is 6.03 Å². The van der Waals surface area contributed by atoms with Crippen LogP contribution in [0.15, 0.2) is 78.4 Å². The van der Waals surface area contributed by atoms with Gasteiger partial charge in [-0.3, -0.25) is 0 Å². The summed E-state index contributed by atoms with van der Waals surface area (Å²) in [6.45, 7) is 2.76. The molecule has 0 unspecified atom stereocenters. The summed E-state index contributed by atoms with van der Waals surface area (Å²) in [5, 5.41) is 3.78. The molecule has 3 nitrogen and oxygen atoms in total. The Kier molecular flexibility index (Phi) is 8.10. The number of anilines is 1. The quantitative estimate of drug-likeness (QED) is 0.396. The topological polar surface area (TPSA) is 32.3 Å². The van der Waals surface area contributed by atoms with Gasteiger partial charge in [0.25, 0.3) is 0 Å². The lowest BCUT2D eigenvalue weighted by Gasteiger charge is -2.24. The van der Waals surface area contributed by atoms with Crippen molar-refractivity contribution in [3.8, 4) is 0 Å². The molecule has 0 aromatic heterocycles. The Morgan fingerprint density at radius 1 is 1.03 bits per heavy atom. The summed E-state index contributed by atoms with van der Waals surface area (Å²) in [6.07, 6.45) is 2.57. The minimum Gasteiger partial charge on any atom is -0.320 e. The molecule has 0 bridgehead atoms. The summed E-state index contributed by atoms with van der Waals surface area (Å²) in [5.41, 5.74) is 3.08. The van der Waals surface area contributed by atoms with Gasteiger partial charge in [0.2, 0.25) is 0 Å². The average molecular weight is 457 g/mol. The molecule has 0 fully saturated rings. The molecular weight excluding hydrogens is 434 g/mol. The molecule has 0 spiro atoms. The molecule has 0 aliphatic heterocycles. The molecule has 2 amide bonds. The highest BCUT2D eigenvalue weighted by Crippen LogP contribution is 2.22. The third-order valence-electron chi connectivity index (χ3n) is 4.72. The first-order chi connectivity index (χ1) is 14.9. The van der Waals surface area contributed by atoms with Crippen LogP contribution in [0.25, 0.3) is 6.08 Å². The van der Waals surface area contributed by atoms with E-state index in [0.29, 0.717) is 29.6 Å². The van der Waals surface area contributed by atoms with Crippen LogP contribution in [0.2, 0.25) is 10.0 Å². The molecule has 6 heteroatoms. The van der Waals surface area contributed by atoms with Crippen LogP contribution >= 0.6 is 23.2 Å². The highest BCUT2D eigenvalue weighted by molar-refractivity contribution is 6.35. The standard InChI is InChI=1S/C25H23Cl2FN2O/c1-18(15-19-7-3-2-4-8-19)17-30(14-13-20-11-12-21(26)16-22(20)27)25(31)29-24-10-6-5-9-23(24)28/h2-12,15-16H,13-14,17H2,1H3,(H,29,31)/b18-15+. The van der Waals surface area contributed by atoms with E-state index in [0.717, 1.165) is 16.7 Å². The summed E-state index contributed by atoms with van der Waals surface area (Å²) in [4.78, 5) is 14.6. The van der Waals surface area contributed by atoms with Crippen molar-refractivity contribution in [1.82, 2.24) is 4.90 Å². The van der Waals surface area contributed by atoms with Gasteiger partial charge < -0.3 is 10.2 Å². The van der Waals surface area contributed by atoms with Crippen LogP contribution in [0.3, 0.4) is 0 Å². The van der Waals surface area contributed by atoms with E-state index in [1.807, 2.05) is 49.4 Å². The zero-order valence-electron chi connectivity index (χ0n) is 17.1. The fraction of sp³-hybridized carbons (Fsp3) is 0.160. The summed E-state index contributed by atoms with van der Waals surface area (Å²) >= 11 is 12.3. The number of nitrogens with zero attached hydrogens (tertiary/aromatic N) is 1.